The summed E-state index contributed by atoms with van der Waals surface area (Å²) in [7, 11) is 0. The summed E-state index contributed by atoms with van der Waals surface area (Å²) < 4.78 is 10.5. The lowest BCUT2D eigenvalue weighted by atomic mass is 10.2. The number of amides is 1. The number of rotatable bonds is 5. The van der Waals surface area contributed by atoms with Gasteiger partial charge in [0.15, 0.2) is 5.76 Å². The van der Waals surface area contributed by atoms with Gasteiger partial charge in [-0.3, -0.25) is 9.69 Å². The molecule has 1 aliphatic rings. The predicted octanol–water partition coefficient (Wildman–Crippen LogP) is 1.85. The van der Waals surface area contributed by atoms with Crippen molar-refractivity contribution in [2.75, 3.05) is 26.2 Å². The minimum atomic E-state index is 0.201. The molecule has 0 unspecified atom stereocenters. The average Bonchev–Trinajstić information content (AvgIpc) is 3.17. The van der Waals surface area contributed by atoms with Crippen molar-refractivity contribution in [1.29, 1.82) is 0 Å². The topological polar surface area (TPSA) is 62.7 Å². The lowest BCUT2D eigenvalue weighted by Crippen LogP contribution is -2.48. The van der Waals surface area contributed by atoms with Crippen LogP contribution in [0, 0.1) is 6.92 Å². The first-order chi connectivity index (χ1) is 10.7. The second-order valence-corrected chi connectivity index (χ2v) is 5.67. The number of carbonyl (C=O) groups is 1. The highest BCUT2D eigenvalue weighted by molar-refractivity contribution is 5.76. The van der Waals surface area contributed by atoms with Crippen molar-refractivity contribution in [1.82, 2.24) is 15.0 Å². The molecule has 22 heavy (non-hydrogen) atoms. The van der Waals surface area contributed by atoms with Gasteiger partial charge in [0.1, 0.15) is 5.76 Å². The van der Waals surface area contributed by atoms with Crippen molar-refractivity contribution in [3.8, 4) is 0 Å². The molecule has 0 radical (unpaired) electrons. The smallest absolute Gasteiger partial charge is 0.223 e. The normalized spacial score (nSPS) is 16.1. The van der Waals surface area contributed by atoms with Crippen LogP contribution in [-0.2, 0) is 17.8 Å². The number of nitrogens with zero attached hydrogens (tertiary/aromatic N) is 3. The second-order valence-electron chi connectivity index (χ2n) is 5.67. The molecule has 0 spiro atoms. The number of furan rings is 1. The molecule has 1 fully saturated rings. The third-order valence-corrected chi connectivity index (χ3v) is 3.95. The molecule has 1 saturated heterocycles. The number of piperazine rings is 1. The summed E-state index contributed by atoms with van der Waals surface area (Å²) in [6.45, 7) is 5.95. The SMILES string of the molecule is Cc1cc(CN2CCN(C(=O)CCc3ccco3)CC2)on1. The van der Waals surface area contributed by atoms with E-state index in [4.69, 9.17) is 8.94 Å². The summed E-state index contributed by atoms with van der Waals surface area (Å²) in [4.78, 5) is 16.4. The van der Waals surface area contributed by atoms with Crippen LogP contribution >= 0.6 is 0 Å². The van der Waals surface area contributed by atoms with E-state index >= 15 is 0 Å². The van der Waals surface area contributed by atoms with Gasteiger partial charge >= 0.3 is 0 Å². The van der Waals surface area contributed by atoms with Crippen LogP contribution in [0.15, 0.2) is 33.4 Å². The molecule has 2 aromatic rings. The summed E-state index contributed by atoms with van der Waals surface area (Å²) >= 11 is 0. The first kappa shape index (κ1) is 14.8. The number of carbonyl (C=O) groups excluding carboxylic acids is 1. The molecule has 0 aliphatic carbocycles. The minimum absolute atomic E-state index is 0.201. The maximum absolute atomic E-state index is 12.2. The highest BCUT2D eigenvalue weighted by Gasteiger charge is 2.21. The molecule has 0 saturated carbocycles. The van der Waals surface area contributed by atoms with Gasteiger partial charge in [-0.1, -0.05) is 5.16 Å². The summed E-state index contributed by atoms with van der Waals surface area (Å²) in [5, 5.41) is 3.90. The van der Waals surface area contributed by atoms with Crippen LogP contribution in [0.3, 0.4) is 0 Å². The molecule has 0 aromatic carbocycles. The largest absolute Gasteiger partial charge is 0.469 e. The Hall–Kier alpha value is -2.08. The van der Waals surface area contributed by atoms with Gasteiger partial charge in [0, 0.05) is 45.1 Å². The van der Waals surface area contributed by atoms with Gasteiger partial charge in [0.2, 0.25) is 5.91 Å². The first-order valence-electron chi connectivity index (χ1n) is 7.65. The lowest BCUT2D eigenvalue weighted by molar-refractivity contribution is -0.133. The Morgan fingerprint density at radius 3 is 2.73 bits per heavy atom. The summed E-state index contributed by atoms with van der Waals surface area (Å²) in [6, 6.07) is 5.72. The van der Waals surface area contributed by atoms with Gasteiger partial charge in [-0.25, -0.2) is 0 Å². The van der Waals surface area contributed by atoms with Crippen molar-refractivity contribution >= 4 is 5.91 Å². The highest BCUT2D eigenvalue weighted by Crippen LogP contribution is 2.11. The van der Waals surface area contributed by atoms with E-state index in [-0.39, 0.29) is 5.91 Å². The lowest BCUT2D eigenvalue weighted by Gasteiger charge is -2.34. The van der Waals surface area contributed by atoms with Crippen molar-refractivity contribution < 1.29 is 13.7 Å². The zero-order valence-electron chi connectivity index (χ0n) is 12.8. The number of hydrogen-bond donors (Lipinski definition) is 0. The third-order valence-electron chi connectivity index (χ3n) is 3.95. The van der Waals surface area contributed by atoms with E-state index in [2.05, 4.69) is 10.1 Å². The maximum atomic E-state index is 12.2. The summed E-state index contributed by atoms with van der Waals surface area (Å²) in [5.41, 5.74) is 0.904. The van der Waals surface area contributed by atoms with E-state index in [1.54, 1.807) is 6.26 Å². The Morgan fingerprint density at radius 1 is 1.27 bits per heavy atom. The molecule has 3 heterocycles. The van der Waals surface area contributed by atoms with Gasteiger partial charge in [-0.05, 0) is 19.1 Å². The number of hydrogen-bond acceptors (Lipinski definition) is 5. The second kappa shape index (κ2) is 6.79. The van der Waals surface area contributed by atoms with Crippen LogP contribution in [-0.4, -0.2) is 47.0 Å². The quantitative estimate of drug-likeness (QED) is 0.843. The van der Waals surface area contributed by atoms with Crippen molar-refractivity contribution in [2.45, 2.75) is 26.3 Å². The fourth-order valence-corrected chi connectivity index (χ4v) is 2.71. The zero-order valence-corrected chi connectivity index (χ0v) is 12.8. The molecule has 0 bridgehead atoms. The van der Waals surface area contributed by atoms with E-state index in [0.717, 1.165) is 49.9 Å². The van der Waals surface area contributed by atoms with Crippen molar-refractivity contribution in [3.63, 3.8) is 0 Å². The first-order valence-corrected chi connectivity index (χ1v) is 7.65. The van der Waals surface area contributed by atoms with E-state index in [1.165, 1.54) is 0 Å². The maximum Gasteiger partial charge on any atom is 0.223 e. The Morgan fingerprint density at radius 2 is 2.09 bits per heavy atom. The fourth-order valence-electron chi connectivity index (χ4n) is 2.71. The van der Waals surface area contributed by atoms with E-state index in [9.17, 15) is 4.79 Å². The van der Waals surface area contributed by atoms with E-state index in [0.29, 0.717) is 12.8 Å². The molecular formula is C16H21N3O3. The third kappa shape index (κ3) is 3.76. The molecule has 1 aliphatic heterocycles. The van der Waals surface area contributed by atoms with Gasteiger partial charge in [0.25, 0.3) is 0 Å². The van der Waals surface area contributed by atoms with Gasteiger partial charge in [-0.15, -0.1) is 0 Å². The van der Waals surface area contributed by atoms with Crippen LogP contribution in [0.5, 0.6) is 0 Å². The zero-order chi connectivity index (χ0) is 15.4. The van der Waals surface area contributed by atoms with Crippen LogP contribution in [0.25, 0.3) is 0 Å². The van der Waals surface area contributed by atoms with Crippen LogP contribution in [0.4, 0.5) is 0 Å². The molecule has 118 valence electrons. The fraction of sp³-hybridized carbons (Fsp3) is 0.500. The molecular weight excluding hydrogens is 282 g/mol. The number of aromatic nitrogens is 1. The summed E-state index contributed by atoms with van der Waals surface area (Å²) in [6.07, 6.45) is 2.82. The molecule has 0 atom stereocenters. The Bertz CT molecular complexity index is 598. The van der Waals surface area contributed by atoms with E-state index < -0.39 is 0 Å². The molecule has 6 heteroatoms. The standard InChI is InChI=1S/C16H21N3O3/c1-13-11-15(22-17-13)12-18-6-8-19(9-7-18)16(20)5-4-14-3-2-10-21-14/h2-3,10-11H,4-9,12H2,1H3. The van der Waals surface area contributed by atoms with Gasteiger partial charge in [0.05, 0.1) is 18.5 Å². The predicted molar refractivity (Wildman–Crippen MR) is 80.1 cm³/mol. The number of aryl methyl sites for hydroxylation is 2. The summed E-state index contributed by atoms with van der Waals surface area (Å²) in [5.74, 6) is 1.95. The van der Waals surface area contributed by atoms with Crippen molar-refractivity contribution in [2.24, 2.45) is 0 Å². The van der Waals surface area contributed by atoms with Crippen molar-refractivity contribution in [3.05, 3.63) is 41.7 Å². The Labute approximate surface area is 129 Å². The minimum Gasteiger partial charge on any atom is -0.469 e. The molecule has 6 nitrogen and oxygen atoms in total. The molecule has 1 amide bonds. The van der Waals surface area contributed by atoms with Crippen LogP contribution in [0.2, 0.25) is 0 Å². The molecule has 0 N–H and O–H groups in total. The van der Waals surface area contributed by atoms with Crippen LogP contribution < -0.4 is 0 Å². The van der Waals surface area contributed by atoms with Gasteiger partial charge < -0.3 is 13.8 Å². The average molecular weight is 303 g/mol. The highest BCUT2D eigenvalue weighted by atomic mass is 16.5. The Kier molecular flexibility index (Phi) is 4.58. The molecule has 2 aromatic heterocycles. The molecule has 3 rings (SSSR count). The Balaban J connectivity index is 1.42. The van der Waals surface area contributed by atoms with Gasteiger partial charge in [-0.2, -0.15) is 0 Å². The van der Waals surface area contributed by atoms with Crippen LogP contribution in [0.1, 0.15) is 23.6 Å². The monoisotopic (exact) mass is 303 g/mol. The van der Waals surface area contributed by atoms with E-state index in [1.807, 2.05) is 30.0 Å².